The van der Waals surface area contributed by atoms with Gasteiger partial charge >= 0.3 is 5.97 Å². The number of phenolic OH excluding ortho intramolecular Hbond substituents is 1. The number of hydrogen-bond donors (Lipinski definition) is 9. The zero-order valence-electron chi connectivity index (χ0n) is 20.7. The summed E-state index contributed by atoms with van der Waals surface area (Å²) in [5.74, 6) is -3.50. The number of phenols is 1. The Labute approximate surface area is 228 Å². The van der Waals surface area contributed by atoms with E-state index in [2.05, 4.69) is 48.5 Å². The van der Waals surface area contributed by atoms with Gasteiger partial charge in [0.25, 0.3) is 0 Å². The fourth-order valence-electron chi connectivity index (χ4n) is 3.64. The maximum absolute atomic E-state index is 13.5. The summed E-state index contributed by atoms with van der Waals surface area (Å²) in [7, 11) is 0. The van der Waals surface area contributed by atoms with Gasteiger partial charge in [-0.05, 0) is 17.7 Å². The molecule has 14 nitrogen and oxygen atoms in total. The van der Waals surface area contributed by atoms with Crippen LogP contribution < -0.4 is 21.7 Å². The maximum Gasteiger partial charge on any atom is 0.327 e. The fraction of sp³-hybridized carbons (Fsp3) is 0.333. The molecule has 15 heteroatoms. The number of rotatable bonds is 14. The zero-order chi connectivity index (χ0) is 28.4. The standard InChI is InChI=1S/C24H30N8O6S/c25-17(6-14-8-26-11-28-14)21(34)30-18(5-13-1-3-16(33)4-2-13)22(35)31-19(7-15-9-27-12-29-15)23(36)32-20(10-39)24(37)38/h1-4,8-9,11-12,17-20,33,39H,5-7,10,25H2,(H,26,28)(H,27,29)(H,30,34)(H,31,35)(H,32,36)(H,37,38). The summed E-state index contributed by atoms with van der Waals surface area (Å²) in [5.41, 5.74) is 7.80. The predicted octanol–water partition coefficient (Wildman–Crippen LogP) is -1.34. The van der Waals surface area contributed by atoms with Crippen molar-refractivity contribution in [2.45, 2.75) is 43.4 Å². The largest absolute Gasteiger partial charge is 0.508 e. The number of carbonyl (C=O) groups is 4. The van der Waals surface area contributed by atoms with Crippen LogP contribution >= 0.6 is 12.6 Å². The number of nitrogens with zero attached hydrogens (tertiary/aromatic N) is 2. The number of H-pyrrole nitrogens is 2. The monoisotopic (exact) mass is 558 g/mol. The lowest BCUT2D eigenvalue weighted by Gasteiger charge is -2.25. The van der Waals surface area contributed by atoms with Crippen molar-refractivity contribution in [1.29, 1.82) is 0 Å². The van der Waals surface area contributed by atoms with E-state index in [0.29, 0.717) is 17.0 Å². The highest BCUT2D eigenvalue weighted by atomic mass is 32.1. The summed E-state index contributed by atoms with van der Waals surface area (Å²) in [6.45, 7) is 0. The Hall–Kier alpha value is -4.37. The van der Waals surface area contributed by atoms with Crippen molar-refractivity contribution in [3.8, 4) is 5.75 Å². The first-order valence-electron chi connectivity index (χ1n) is 11.9. The second-order valence-corrected chi connectivity index (χ2v) is 9.11. The third-order valence-electron chi connectivity index (χ3n) is 5.75. The van der Waals surface area contributed by atoms with Crippen LogP contribution in [0, 0.1) is 0 Å². The highest BCUT2D eigenvalue weighted by Crippen LogP contribution is 2.12. The van der Waals surface area contributed by atoms with Crippen molar-refractivity contribution < 1.29 is 29.4 Å². The van der Waals surface area contributed by atoms with Crippen molar-refractivity contribution in [3.05, 3.63) is 66.3 Å². The Morgan fingerprint density at radius 2 is 1.33 bits per heavy atom. The second-order valence-electron chi connectivity index (χ2n) is 8.74. The minimum Gasteiger partial charge on any atom is -0.508 e. The highest BCUT2D eigenvalue weighted by Gasteiger charge is 2.31. The maximum atomic E-state index is 13.5. The highest BCUT2D eigenvalue weighted by molar-refractivity contribution is 7.80. The van der Waals surface area contributed by atoms with Gasteiger partial charge in [0, 0.05) is 48.8 Å². The number of nitrogens with two attached hydrogens (primary N) is 1. The normalized spacial score (nSPS) is 14.0. The lowest BCUT2D eigenvalue weighted by Crippen LogP contribution is -2.58. The average Bonchev–Trinajstić information content (AvgIpc) is 3.61. The van der Waals surface area contributed by atoms with E-state index in [0.717, 1.165) is 0 Å². The number of aliphatic carboxylic acids is 1. The molecule has 1 aromatic carbocycles. The van der Waals surface area contributed by atoms with Crippen LogP contribution in [-0.4, -0.2) is 83.8 Å². The van der Waals surface area contributed by atoms with Gasteiger partial charge in [0.2, 0.25) is 17.7 Å². The molecular weight excluding hydrogens is 528 g/mol. The van der Waals surface area contributed by atoms with Gasteiger partial charge in [-0.15, -0.1) is 0 Å². The van der Waals surface area contributed by atoms with E-state index < -0.39 is 47.9 Å². The molecule has 9 N–H and O–H groups in total. The smallest absolute Gasteiger partial charge is 0.327 e. The first-order chi connectivity index (χ1) is 18.7. The molecule has 0 saturated heterocycles. The molecule has 2 aromatic heterocycles. The summed E-state index contributed by atoms with van der Waals surface area (Å²) < 4.78 is 0. The molecule has 0 aliphatic heterocycles. The molecular formula is C24H30N8O6S. The summed E-state index contributed by atoms with van der Waals surface area (Å²) >= 11 is 3.96. The Bertz CT molecular complexity index is 1240. The molecule has 0 saturated carbocycles. The van der Waals surface area contributed by atoms with Crippen LogP contribution in [0.15, 0.2) is 49.3 Å². The molecule has 0 fully saturated rings. The van der Waals surface area contributed by atoms with Crippen LogP contribution in [0.25, 0.3) is 0 Å². The number of aromatic hydroxyl groups is 1. The molecule has 0 aliphatic rings. The van der Waals surface area contributed by atoms with E-state index in [4.69, 9.17) is 5.73 Å². The molecule has 39 heavy (non-hydrogen) atoms. The lowest BCUT2D eigenvalue weighted by molar-refractivity contribution is -0.141. The van der Waals surface area contributed by atoms with Crippen molar-refractivity contribution in [1.82, 2.24) is 35.9 Å². The summed E-state index contributed by atoms with van der Waals surface area (Å²) in [4.78, 5) is 64.3. The third-order valence-corrected chi connectivity index (χ3v) is 6.11. The number of carboxylic acids is 1. The Balaban J connectivity index is 1.80. The molecule has 4 unspecified atom stereocenters. The zero-order valence-corrected chi connectivity index (χ0v) is 21.6. The molecule has 208 valence electrons. The quantitative estimate of drug-likeness (QED) is 0.107. The number of benzene rings is 1. The van der Waals surface area contributed by atoms with E-state index in [1.165, 1.54) is 37.2 Å². The first-order valence-corrected chi connectivity index (χ1v) is 12.5. The number of amides is 3. The molecule has 0 spiro atoms. The molecule has 3 aromatic rings. The Kier molecular flexibility index (Phi) is 10.5. The van der Waals surface area contributed by atoms with Crippen LogP contribution in [-0.2, 0) is 38.4 Å². The van der Waals surface area contributed by atoms with E-state index in [9.17, 15) is 29.4 Å². The van der Waals surface area contributed by atoms with Gasteiger partial charge in [0.05, 0.1) is 18.7 Å². The number of imidazole rings is 2. The van der Waals surface area contributed by atoms with E-state index in [-0.39, 0.29) is 30.8 Å². The van der Waals surface area contributed by atoms with Gasteiger partial charge in [-0.2, -0.15) is 12.6 Å². The summed E-state index contributed by atoms with van der Waals surface area (Å²) in [6, 6.07) is 1.40. The van der Waals surface area contributed by atoms with Crippen LogP contribution in [0.4, 0.5) is 0 Å². The number of nitrogens with one attached hydrogen (secondary N) is 5. The number of carbonyl (C=O) groups excluding carboxylic acids is 3. The predicted molar refractivity (Wildman–Crippen MR) is 142 cm³/mol. The van der Waals surface area contributed by atoms with Crippen LogP contribution in [0.3, 0.4) is 0 Å². The van der Waals surface area contributed by atoms with Gasteiger partial charge in [0.1, 0.15) is 23.9 Å². The molecule has 0 bridgehead atoms. The SMILES string of the molecule is NC(Cc1cnc[nH]1)C(=O)NC(Cc1ccc(O)cc1)C(=O)NC(Cc1cnc[nH]1)C(=O)NC(CS)C(=O)O. The van der Waals surface area contributed by atoms with Crippen molar-refractivity contribution in [3.63, 3.8) is 0 Å². The number of aromatic nitrogens is 4. The van der Waals surface area contributed by atoms with Crippen LogP contribution in [0.2, 0.25) is 0 Å². The third kappa shape index (κ3) is 8.86. The van der Waals surface area contributed by atoms with Crippen molar-refractivity contribution in [2.75, 3.05) is 5.75 Å². The average molecular weight is 559 g/mol. The van der Waals surface area contributed by atoms with Gasteiger partial charge in [-0.3, -0.25) is 14.4 Å². The number of hydrogen-bond acceptors (Lipinski definition) is 9. The van der Waals surface area contributed by atoms with E-state index >= 15 is 0 Å². The summed E-state index contributed by atoms with van der Waals surface area (Å²) in [5, 5.41) is 26.5. The van der Waals surface area contributed by atoms with Crippen molar-refractivity contribution in [2.24, 2.45) is 5.73 Å². The molecule has 3 amide bonds. The van der Waals surface area contributed by atoms with E-state index in [1.54, 1.807) is 12.1 Å². The second kappa shape index (κ2) is 14.0. The fourth-order valence-corrected chi connectivity index (χ4v) is 3.88. The Morgan fingerprint density at radius 3 is 1.85 bits per heavy atom. The van der Waals surface area contributed by atoms with E-state index in [1.807, 2.05) is 0 Å². The number of thiol groups is 1. The number of aromatic amines is 2. The van der Waals surface area contributed by atoms with Gasteiger partial charge < -0.3 is 41.9 Å². The molecule has 0 radical (unpaired) electrons. The summed E-state index contributed by atoms with van der Waals surface area (Å²) in [6.07, 6.45) is 5.97. The van der Waals surface area contributed by atoms with Gasteiger partial charge in [-0.25, -0.2) is 14.8 Å². The van der Waals surface area contributed by atoms with Crippen LogP contribution in [0.5, 0.6) is 5.75 Å². The number of carboxylic acid groups (broad SMARTS) is 1. The molecule has 0 aliphatic carbocycles. The molecule has 4 atom stereocenters. The molecule has 3 rings (SSSR count). The lowest BCUT2D eigenvalue weighted by atomic mass is 10.0. The van der Waals surface area contributed by atoms with Crippen LogP contribution in [0.1, 0.15) is 17.0 Å². The minimum absolute atomic E-state index is 0.0153. The van der Waals surface area contributed by atoms with Crippen molar-refractivity contribution >= 4 is 36.3 Å². The first kappa shape index (κ1) is 29.2. The van der Waals surface area contributed by atoms with Gasteiger partial charge in [0.15, 0.2) is 0 Å². The molecule has 2 heterocycles. The minimum atomic E-state index is -1.28. The topological polar surface area (TPSA) is 228 Å². The van der Waals surface area contributed by atoms with Gasteiger partial charge in [-0.1, -0.05) is 12.1 Å². The Morgan fingerprint density at radius 1 is 0.821 bits per heavy atom.